The Morgan fingerprint density at radius 3 is 2.22 bits per heavy atom. The normalized spacial score (nSPS) is 25.4. The van der Waals surface area contributed by atoms with E-state index in [1.165, 1.54) is 41.7 Å². The molecule has 0 aliphatic carbocycles. The second-order valence-electron chi connectivity index (χ2n) is 6.07. The fourth-order valence-corrected chi connectivity index (χ4v) is 3.11. The lowest BCUT2D eigenvalue weighted by molar-refractivity contribution is -0.287. The number of halogens is 4. The van der Waals surface area contributed by atoms with Crippen LogP contribution in [0.3, 0.4) is 0 Å². The Bertz CT molecular complexity index is 872. The molecule has 1 saturated heterocycles. The smallest absolute Gasteiger partial charge is 0.363 e. The van der Waals surface area contributed by atoms with Crippen LogP contribution in [0.15, 0.2) is 54.6 Å². The summed E-state index contributed by atoms with van der Waals surface area (Å²) in [5, 5.41) is 13.9. The molecule has 1 aliphatic heterocycles. The number of amides is 2. The van der Waals surface area contributed by atoms with Gasteiger partial charge in [-0.3, -0.25) is 4.79 Å². The Morgan fingerprint density at radius 1 is 1.04 bits per heavy atom. The molecule has 0 radical (unpaired) electrons. The number of Topliss-reactive ketones (excluding diaryl/α,β-unsaturated/α-hetero) is 1. The summed E-state index contributed by atoms with van der Waals surface area (Å²) in [7, 11) is 0. The molecule has 9 heteroatoms. The van der Waals surface area contributed by atoms with Crippen molar-refractivity contribution in [1.82, 2.24) is 10.6 Å². The van der Waals surface area contributed by atoms with Gasteiger partial charge in [-0.1, -0.05) is 48.5 Å². The van der Waals surface area contributed by atoms with E-state index in [0.717, 1.165) is 12.1 Å². The third-order valence-electron chi connectivity index (χ3n) is 4.39. The van der Waals surface area contributed by atoms with Crippen molar-refractivity contribution in [3.8, 4) is 0 Å². The van der Waals surface area contributed by atoms with E-state index in [1.54, 1.807) is 6.07 Å². The van der Waals surface area contributed by atoms with Gasteiger partial charge in [-0.25, -0.2) is 9.18 Å². The average Bonchev–Trinajstić information content (AvgIpc) is 2.61. The second kappa shape index (κ2) is 6.66. The fraction of sp³-hybridized carbons (Fsp3) is 0.222. The maximum atomic E-state index is 14.2. The van der Waals surface area contributed by atoms with Gasteiger partial charge in [0.15, 0.2) is 5.78 Å². The number of hydrogen-bond acceptors (Lipinski definition) is 3. The predicted octanol–water partition coefficient (Wildman–Crippen LogP) is 2.93. The van der Waals surface area contributed by atoms with Crippen LogP contribution >= 0.6 is 0 Å². The van der Waals surface area contributed by atoms with E-state index in [1.807, 2.05) is 0 Å². The van der Waals surface area contributed by atoms with Crippen LogP contribution in [0.1, 0.15) is 22.0 Å². The quantitative estimate of drug-likeness (QED) is 0.564. The molecule has 0 unspecified atom stereocenters. The van der Waals surface area contributed by atoms with Gasteiger partial charge in [0, 0.05) is 11.1 Å². The number of ketones is 1. The molecule has 27 heavy (non-hydrogen) atoms. The van der Waals surface area contributed by atoms with Crippen LogP contribution in [0.2, 0.25) is 0 Å². The summed E-state index contributed by atoms with van der Waals surface area (Å²) in [5.41, 5.74) is -4.34. The molecule has 1 heterocycles. The van der Waals surface area contributed by atoms with E-state index < -0.39 is 41.5 Å². The van der Waals surface area contributed by atoms with Crippen molar-refractivity contribution in [3.05, 3.63) is 71.5 Å². The predicted molar refractivity (Wildman–Crippen MR) is 86.1 cm³/mol. The van der Waals surface area contributed by atoms with Crippen LogP contribution in [0.5, 0.6) is 0 Å². The molecule has 3 N–H and O–H groups in total. The van der Waals surface area contributed by atoms with E-state index in [0.29, 0.717) is 0 Å². The van der Waals surface area contributed by atoms with E-state index in [4.69, 9.17) is 0 Å². The maximum Gasteiger partial charge on any atom is 0.437 e. The number of carbonyl (C=O) groups is 2. The molecular formula is C18H14F4N2O3. The number of nitrogens with one attached hydrogen (secondary N) is 2. The molecular weight excluding hydrogens is 368 g/mol. The highest BCUT2D eigenvalue weighted by molar-refractivity contribution is 6.00. The first kappa shape index (κ1) is 18.8. The minimum absolute atomic E-state index is 0.121. The van der Waals surface area contributed by atoms with Gasteiger partial charge in [-0.05, 0) is 6.07 Å². The number of rotatable bonds is 3. The Balaban J connectivity index is 2.19. The van der Waals surface area contributed by atoms with Gasteiger partial charge in [0.2, 0.25) is 5.72 Å². The van der Waals surface area contributed by atoms with Gasteiger partial charge in [-0.15, -0.1) is 0 Å². The average molecular weight is 382 g/mol. The van der Waals surface area contributed by atoms with Crippen LogP contribution in [-0.2, 0) is 0 Å². The van der Waals surface area contributed by atoms with Crippen LogP contribution < -0.4 is 10.6 Å². The third kappa shape index (κ3) is 3.25. The van der Waals surface area contributed by atoms with Crippen molar-refractivity contribution < 1.29 is 32.3 Å². The minimum Gasteiger partial charge on any atom is -0.363 e. The summed E-state index contributed by atoms with van der Waals surface area (Å²) in [5.74, 6) is -4.27. The largest absolute Gasteiger partial charge is 0.437 e. The summed E-state index contributed by atoms with van der Waals surface area (Å²) >= 11 is 0. The summed E-state index contributed by atoms with van der Waals surface area (Å²) in [6.45, 7) is 0. The van der Waals surface area contributed by atoms with Gasteiger partial charge in [-0.2, -0.15) is 13.2 Å². The zero-order chi connectivity index (χ0) is 19.8. The SMILES string of the molecule is O=C1N[C@@H](c2ccccc2F)[C@H](C(=O)c2ccccc2)[C@@](O)(C(F)(F)F)N1. The number of carbonyl (C=O) groups excluding carboxylic acids is 2. The van der Waals surface area contributed by atoms with Gasteiger partial charge in [0.05, 0.1) is 6.04 Å². The lowest BCUT2D eigenvalue weighted by Crippen LogP contribution is -2.72. The first-order valence-corrected chi connectivity index (χ1v) is 7.86. The summed E-state index contributed by atoms with van der Waals surface area (Å²) in [6.07, 6.45) is -5.39. The first-order valence-electron chi connectivity index (χ1n) is 7.86. The standard InChI is InChI=1S/C18H14F4N2O3/c19-12-9-5-4-8-11(12)14-13(15(25)10-6-2-1-3-7-10)17(27,18(20,21)22)24-16(26)23-14/h1-9,13-14,27H,(H2,23,24,26)/t13-,14+,17-/m1/s1. The Kier molecular flexibility index (Phi) is 4.64. The number of alkyl halides is 3. The highest BCUT2D eigenvalue weighted by Gasteiger charge is 2.66. The van der Waals surface area contributed by atoms with Gasteiger partial charge in [0.25, 0.3) is 0 Å². The summed E-state index contributed by atoms with van der Waals surface area (Å²) in [4.78, 5) is 24.7. The Hall–Kier alpha value is -2.94. The van der Waals surface area contributed by atoms with E-state index >= 15 is 0 Å². The molecule has 5 nitrogen and oxygen atoms in total. The van der Waals surface area contributed by atoms with Gasteiger partial charge < -0.3 is 15.7 Å². The molecule has 2 aromatic rings. The van der Waals surface area contributed by atoms with E-state index in [9.17, 15) is 32.3 Å². The number of aliphatic hydroxyl groups is 1. The van der Waals surface area contributed by atoms with Crippen molar-refractivity contribution in [1.29, 1.82) is 0 Å². The topological polar surface area (TPSA) is 78.4 Å². The molecule has 3 rings (SSSR count). The molecule has 0 bridgehead atoms. The monoisotopic (exact) mass is 382 g/mol. The molecule has 1 fully saturated rings. The number of hydrogen-bond donors (Lipinski definition) is 3. The Morgan fingerprint density at radius 2 is 1.63 bits per heavy atom. The van der Waals surface area contributed by atoms with Gasteiger partial charge in [0.1, 0.15) is 11.7 Å². The molecule has 142 valence electrons. The molecule has 0 saturated carbocycles. The van der Waals surface area contributed by atoms with Crippen molar-refractivity contribution in [2.45, 2.75) is 17.9 Å². The lowest BCUT2D eigenvalue weighted by Gasteiger charge is -2.45. The molecule has 2 amide bonds. The van der Waals surface area contributed by atoms with Crippen molar-refractivity contribution >= 4 is 11.8 Å². The minimum atomic E-state index is -5.39. The van der Waals surface area contributed by atoms with E-state index in [-0.39, 0.29) is 11.1 Å². The molecule has 3 atom stereocenters. The van der Waals surface area contributed by atoms with Crippen LogP contribution in [0.4, 0.5) is 22.4 Å². The zero-order valence-corrected chi connectivity index (χ0v) is 13.6. The van der Waals surface area contributed by atoms with Crippen molar-refractivity contribution in [3.63, 3.8) is 0 Å². The van der Waals surface area contributed by atoms with Gasteiger partial charge >= 0.3 is 12.2 Å². The molecule has 1 aliphatic rings. The highest BCUT2D eigenvalue weighted by Crippen LogP contribution is 2.44. The number of urea groups is 1. The molecule has 0 spiro atoms. The summed E-state index contributed by atoms with van der Waals surface area (Å²) < 4.78 is 55.3. The zero-order valence-electron chi connectivity index (χ0n) is 13.6. The Labute approximate surface area is 151 Å². The van der Waals surface area contributed by atoms with E-state index in [2.05, 4.69) is 5.32 Å². The van der Waals surface area contributed by atoms with Crippen LogP contribution in [-0.4, -0.2) is 28.8 Å². The summed E-state index contributed by atoms with van der Waals surface area (Å²) in [6, 6.07) is 8.66. The van der Waals surface area contributed by atoms with Crippen molar-refractivity contribution in [2.75, 3.05) is 0 Å². The van der Waals surface area contributed by atoms with Crippen LogP contribution in [0.25, 0.3) is 0 Å². The first-order chi connectivity index (χ1) is 12.6. The lowest BCUT2D eigenvalue weighted by atomic mass is 9.77. The molecule has 2 aromatic carbocycles. The molecule has 0 aromatic heterocycles. The maximum absolute atomic E-state index is 14.2. The van der Waals surface area contributed by atoms with Crippen molar-refractivity contribution in [2.24, 2.45) is 5.92 Å². The second-order valence-corrected chi connectivity index (χ2v) is 6.07. The third-order valence-corrected chi connectivity index (χ3v) is 4.39. The van der Waals surface area contributed by atoms with Crippen LogP contribution in [0, 0.1) is 11.7 Å². The fourth-order valence-electron chi connectivity index (χ4n) is 3.11. The number of benzene rings is 2. The highest BCUT2D eigenvalue weighted by atomic mass is 19.4.